The average Bonchev–Trinajstić information content (AvgIpc) is 2.37. The van der Waals surface area contributed by atoms with Gasteiger partial charge in [0.2, 0.25) is 8.32 Å². The van der Waals surface area contributed by atoms with Crippen molar-refractivity contribution in [3.8, 4) is 0 Å². The Labute approximate surface area is 113 Å². The quantitative estimate of drug-likeness (QED) is 0.363. The third-order valence-electron chi connectivity index (χ3n) is 3.61. The minimum atomic E-state index is -1.98. The summed E-state index contributed by atoms with van der Waals surface area (Å²) in [6, 6.07) is 1.94. The Balaban J connectivity index is 4.94. The Bertz CT molecular complexity index is 264. The zero-order valence-electron chi connectivity index (χ0n) is 12.5. The van der Waals surface area contributed by atoms with Gasteiger partial charge in [-0.3, -0.25) is 0 Å². The van der Waals surface area contributed by atoms with Crippen molar-refractivity contribution in [2.75, 3.05) is 7.11 Å². The fraction of sp³-hybridized carbons (Fsp3) is 0.786. The van der Waals surface area contributed by atoms with Crippen LogP contribution < -0.4 is 0 Å². The molecule has 0 saturated carbocycles. The van der Waals surface area contributed by atoms with Gasteiger partial charge >= 0.3 is 5.97 Å². The zero-order chi connectivity index (χ0) is 14.2. The number of ether oxygens (including phenoxy) is 1. The lowest BCUT2D eigenvalue weighted by atomic mass is 10.2. The molecule has 1 atom stereocenters. The van der Waals surface area contributed by atoms with Crippen molar-refractivity contribution in [1.29, 1.82) is 0 Å². The second-order valence-electron chi connectivity index (χ2n) is 4.79. The summed E-state index contributed by atoms with van der Waals surface area (Å²) in [5.74, 6) is -0.285. The number of hydrogen-bond donors (Lipinski definition) is 0. The lowest BCUT2D eigenvalue weighted by Crippen LogP contribution is -2.51. The predicted molar refractivity (Wildman–Crippen MR) is 77.9 cm³/mol. The summed E-state index contributed by atoms with van der Waals surface area (Å²) < 4.78 is 11.5. The summed E-state index contributed by atoms with van der Waals surface area (Å²) >= 11 is 0. The maximum Gasteiger partial charge on any atom is 0.333 e. The van der Waals surface area contributed by atoms with E-state index >= 15 is 0 Å². The fourth-order valence-electron chi connectivity index (χ4n) is 2.17. The molecule has 0 radical (unpaired) electrons. The van der Waals surface area contributed by atoms with Crippen molar-refractivity contribution in [3.63, 3.8) is 0 Å². The highest BCUT2D eigenvalue weighted by atomic mass is 28.4. The first kappa shape index (κ1) is 17.4. The van der Waals surface area contributed by atoms with Crippen LogP contribution in [-0.4, -0.2) is 27.1 Å². The van der Waals surface area contributed by atoms with Gasteiger partial charge in [0.1, 0.15) is 5.73 Å². The van der Waals surface area contributed by atoms with E-state index in [9.17, 15) is 4.79 Å². The molecule has 0 aliphatic rings. The van der Waals surface area contributed by atoms with Crippen LogP contribution in [0.5, 0.6) is 0 Å². The van der Waals surface area contributed by atoms with E-state index in [1.54, 1.807) is 14.0 Å². The molecule has 3 nitrogen and oxygen atoms in total. The van der Waals surface area contributed by atoms with Gasteiger partial charge in [0.25, 0.3) is 0 Å². The van der Waals surface area contributed by atoms with Crippen molar-refractivity contribution in [3.05, 3.63) is 12.2 Å². The first-order chi connectivity index (χ1) is 8.47. The number of carbonyl (C=O) groups is 1. The van der Waals surface area contributed by atoms with Gasteiger partial charge in [-0.2, -0.15) is 0 Å². The topological polar surface area (TPSA) is 35.5 Å². The molecule has 106 valence electrons. The highest BCUT2D eigenvalue weighted by Gasteiger charge is 2.41. The summed E-state index contributed by atoms with van der Waals surface area (Å²) in [6.07, 6.45) is 3.06. The van der Waals surface area contributed by atoms with Gasteiger partial charge < -0.3 is 9.16 Å². The third kappa shape index (κ3) is 4.57. The molecule has 0 aromatic rings. The Morgan fingerprint density at radius 2 is 1.83 bits per heavy atom. The number of unbranched alkanes of at least 4 members (excludes halogenated alkanes) is 1. The van der Waals surface area contributed by atoms with E-state index in [0.29, 0.717) is 5.57 Å². The highest BCUT2D eigenvalue weighted by Crippen LogP contribution is 2.27. The summed E-state index contributed by atoms with van der Waals surface area (Å²) in [5, 5.41) is 0. The van der Waals surface area contributed by atoms with Crippen LogP contribution in [0.15, 0.2) is 12.2 Å². The molecule has 0 bridgehead atoms. The maximum absolute atomic E-state index is 11.8. The molecule has 0 amide bonds. The number of rotatable bonds is 9. The van der Waals surface area contributed by atoms with Crippen LogP contribution in [0.3, 0.4) is 0 Å². The first-order valence-corrected chi connectivity index (χ1v) is 9.29. The van der Waals surface area contributed by atoms with Crippen LogP contribution in [0.4, 0.5) is 0 Å². The molecule has 0 aromatic carbocycles. The molecule has 0 fully saturated rings. The molecule has 0 saturated heterocycles. The summed E-state index contributed by atoms with van der Waals surface area (Å²) in [4.78, 5) is 11.8. The van der Waals surface area contributed by atoms with Gasteiger partial charge in [0.05, 0.1) is 0 Å². The second-order valence-corrected chi connectivity index (χ2v) is 9.39. The molecule has 18 heavy (non-hydrogen) atoms. The van der Waals surface area contributed by atoms with Crippen LogP contribution in [0.2, 0.25) is 12.1 Å². The number of esters is 1. The Morgan fingerprint density at radius 1 is 1.28 bits per heavy atom. The van der Waals surface area contributed by atoms with Crippen LogP contribution in [-0.2, 0) is 14.0 Å². The minimum absolute atomic E-state index is 0.0540. The van der Waals surface area contributed by atoms with Crippen molar-refractivity contribution in [2.45, 2.75) is 64.8 Å². The summed E-state index contributed by atoms with van der Waals surface area (Å²) in [5.41, 5.74) is 0.407. The van der Waals surface area contributed by atoms with Crippen LogP contribution in [0, 0.1) is 0 Å². The molecule has 0 spiro atoms. The Hall–Kier alpha value is -0.613. The molecule has 0 aromatic heterocycles. The van der Waals surface area contributed by atoms with Crippen LogP contribution in [0.1, 0.15) is 47.0 Å². The monoisotopic (exact) mass is 272 g/mol. The molecule has 0 aliphatic heterocycles. The van der Waals surface area contributed by atoms with Crippen molar-refractivity contribution in [1.82, 2.24) is 0 Å². The highest BCUT2D eigenvalue weighted by molar-refractivity contribution is 6.75. The molecular formula is C14H28O3Si. The molecular weight excluding hydrogens is 244 g/mol. The van der Waals surface area contributed by atoms with Gasteiger partial charge in [-0.15, -0.1) is 0 Å². The van der Waals surface area contributed by atoms with Crippen molar-refractivity contribution in [2.24, 2.45) is 0 Å². The molecule has 4 heteroatoms. The second kappa shape index (κ2) is 8.48. The number of hydrogen-bond acceptors (Lipinski definition) is 3. The van der Waals surface area contributed by atoms with Gasteiger partial charge in [-0.25, -0.2) is 4.79 Å². The average molecular weight is 272 g/mol. The SMILES string of the molecule is C=C(C)C(=O)OC(CCCC)[Si](CC)(CC)OC. The lowest BCUT2D eigenvalue weighted by Gasteiger charge is -2.35. The zero-order valence-corrected chi connectivity index (χ0v) is 13.5. The van der Waals surface area contributed by atoms with Crippen LogP contribution in [0.25, 0.3) is 0 Å². The Morgan fingerprint density at radius 3 is 2.17 bits per heavy atom. The van der Waals surface area contributed by atoms with Gasteiger partial charge in [0, 0.05) is 12.7 Å². The van der Waals surface area contributed by atoms with Gasteiger partial charge in [0.15, 0.2) is 0 Å². The summed E-state index contributed by atoms with van der Waals surface area (Å²) in [7, 11) is -0.220. The van der Waals surface area contributed by atoms with Crippen molar-refractivity contribution < 1.29 is 14.0 Å². The van der Waals surface area contributed by atoms with E-state index in [1.165, 1.54) is 0 Å². The normalized spacial score (nSPS) is 13.2. The molecule has 0 aliphatic carbocycles. The fourth-order valence-corrected chi connectivity index (χ4v) is 5.48. The van der Waals surface area contributed by atoms with Gasteiger partial charge in [-0.05, 0) is 25.4 Å². The molecule has 0 N–H and O–H groups in total. The van der Waals surface area contributed by atoms with Gasteiger partial charge in [-0.1, -0.05) is 40.2 Å². The maximum atomic E-state index is 11.8. The van der Waals surface area contributed by atoms with Crippen LogP contribution >= 0.6 is 0 Å². The summed E-state index contributed by atoms with van der Waals surface area (Å²) in [6.45, 7) is 11.7. The standard InChI is InChI=1S/C14H28O3Si/c1-7-10-11-13(17-14(15)12(4)5)18(8-2,9-3)16-6/h13H,4,7-11H2,1-3,5-6H3. The molecule has 0 rings (SSSR count). The van der Waals surface area contributed by atoms with E-state index in [-0.39, 0.29) is 11.7 Å². The van der Waals surface area contributed by atoms with E-state index in [1.807, 2.05) is 0 Å². The predicted octanol–water partition coefficient (Wildman–Crippen LogP) is 3.84. The number of carbonyl (C=O) groups excluding carboxylic acids is 1. The van der Waals surface area contributed by atoms with Crippen molar-refractivity contribution >= 4 is 14.3 Å². The smallest absolute Gasteiger partial charge is 0.333 e. The molecule has 0 heterocycles. The first-order valence-electron chi connectivity index (χ1n) is 6.89. The third-order valence-corrected chi connectivity index (χ3v) is 8.39. The lowest BCUT2D eigenvalue weighted by molar-refractivity contribution is -0.142. The van der Waals surface area contributed by atoms with E-state index in [2.05, 4.69) is 27.4 Å². The van der Waals surface area contributed by atoms with E-state index in [0.717, 1.165) is 31.4 Å². The largest absolute Gasteiger partial charge is 0.460 e. The molecule has 1 unspecified atom stereocenters. The minimum Gasteiger partial charge on any atom is -0.460 e. The Kier molecular flexibility index (Phi) is 8.19. The van der Waals surface area contributed by atoms with E-state index < -0.39 is 8.32 Å². The van der Waals surface area contributed by atoms with E-state index in [4.69, 9.17) is 9.16 Å².